The molecule has 0 amide bonds. The number of benzene rings is 6. The van der Waals surface area contributed by atoms with Crippen molar-refractivity contribution in [3.05, 3.63) is 119 Å². The van der Waals surface area contributed by atoms with Crippen LogP contribution in [0.2, 0.25) is 0 Å². The maximum atomic E-state index is 2.67. The van der Waals surface area contributed by atoms with E-state index in [0.29, 0.717) is 0 Å². The minimum Gasteiger partial charge on any atom is -0.0654 e. The lowest BCUT2D eigenvalue weighted by Crippen LogP contribution is -2.04. The average molecular weight is 605 g/mol. The third kappa shape index (κ3) is 6.24. The first kappa shape index (κ1) is 32.1. The number of rotatable bonds is 14. The molecule has 0 aromatic heterocycles. The average Bonchev–Trinajstić information content (AvgIpc) is 3.11. The molecule has 0 heterocycles. The summed E-state index contributed by atoms with van der Waals surface area (Å²) in [6.45, 7) is 9.33. The quantitative estimate of drug-likeness (QED) is 0.109. The summed E-state index contributed by atoms with van der Waals surface area (Å²) in [6.07, 6.45) is 14.1. The van der Waals surface area contributed by atoms with Crippen molar-refractivity contribution < 1.29 is 0 Å². The van der Waals surface area contributed by atoms with E-state index < -0.39 is 0 Å². The third-order valence-electron chi connectivity index (χ3n) is 10.1. The van der Waals surface area contributed by atoms with E-state index >= 15 is 0 Å². The molecule has 0 unspecified atom stereocenters. The minimum absolute atomic E-state index is 1.09. The predicted molar refractivity (Wildman–Crippen MR) is 204 cm³/mol. The molecule has 236 valence electrons. The molecule has 0 saturated heterocycles. The Morgan fingerprint density at radius 3 is 0.978 bits per heavy atom. The van der Waals surface area contributed by atoms with E-state index in [0.717, 1.165) is 25.7 Å². The van der Waals surface area contributed by atoms with Crippen molar-refractivity contribution in [2.75, 3.05) is 0 Å². The van der Waals surface area contributed by atoms with Crippen molar-refractivity contribution in [1.82, 2.24) is 0 Å². The molecule has 0 aliphatic rings. The number of hydrogen-bond acceptors (Lipinski definition) is 0. The lowest BCUT2D eigenvalue weighted by Gasteiger charge is -2.25. The van der Waals surface area contributed by atoms with E-state index in [2.05, 4.69) is 125 Å². The van der Waals surface area contributed by atoms with Gasteiger partial charge in [0.25, 0.3) is 0 Å². The maximum Gasteiger partial charge on any atom is -0.00641 e. The highest BCUT2D eigenvalue weighted by Gasteiger charge is 2.24. The molecular weight excluding hydrogens is 553 g/mol. The van der Waals surface area contributed by atoms with Crippen LogP contribution in [0.25, 0.3) is 54.6 Å². The summed E-state index contributed by atoms with van der Waals surface area (Å²) in [5.74, 6) is 0. The molecule has 0 atom stereocenters. The largest absolute Gasteiger partial charge is 0.0654 e. The minimum atomic E-state index is 1.09. The first-order valence-electron chi connectivity index (χ1n) is 18.3. The van der Waals surface area contributed by atoms with Gasteiger partial charge >= 0.3 is 0 Å². The van der Waals surface area contributed by atoms with Crippen LogP contribution in [0.15, 0.2) is 97.1 Å². The molecule has 0 fully saturated rings. The van der Waals surface area contributed by atoms with Gasteiger partial charge in [0, 0.05) is 0 Å². The zero-order chi connectivity index (χ0) is 31.9. The molecule has 0 N–H and O–H groups in total. The monoisotopic (exact) mass is 604 g/mol. The van der Waals surface area contributed by atoms with Gasteiger partial charge in [-0.2, -0.15) is 0 Å². The van der Waals surface area contributed by atoms with Gasteiger partial charge in [0.15, 0.2) is 0 Å². The Labute approximate surface area is 277 Å². The molecular formula is C46H52. The second-order valence-corrected chi connectivity index (χ2v) is 13.3. The van der Waals surface area contributed by atoms with Crippen molar-refractivity contribution in [2.45, 2.75) is 105 Å². The second-order valence-electron chi connectivity index (χ2n) is 13.3. The Morgan fingerprint density at radius 2 is 0.630 bits per heavy atom. The molecule has 0 heteroatoms. The first-order chi connectivity index (χ1) is 22.7. The van der Waals surface area contributed by atoms with Gasteiger partial charge in [0.05, 0.1) is 0 Å². The van der Waals surface area contributed by atoms with E-state index in [9.17, 15) is 0 Å². The summed E-state index contributed by atoms with van der Waals surface area (Å²) < 4.78 is 0. The van der Waals surface area contributed by atoms with Crippen LogP contribution in [0.5, 0.6) is 0 Å². The highest BCUT2D eigenvalue weighted by atomic mass is 14.3. The summed E-state index contributed by atoms with van der Waals surface area (Å²) in [5.41, 5.74) is 11.8. The first-order valence-corrected chi connectivity index (χ1v) is 18.3. The lowest BCUT2D eigenvalue weighted by atomic mass is 9.78. The molecule has 0 radical (unpaired) electrons. The Hall–Kier alpha value is -3.90. The summed E-state index contributed by atoms with van der Waals surface area (Å²) in [7, 11) is 0. The standard InChI is InChI=1S/C46H52/c1-5-9-25-37-35-29-19-20-30-36(35)38(26-10-6-2)42-32-44-40(28-12-8-4)46(34-23-17-14-18-24-34)45(33-21-15-13-16-22-33)39(27-11-7-3)43(44)31-41(37)42/h13-24,29-32H,5-12,25-28H2,1-4H3. The smallest absolute Gasteiger partial charge is 0.00641 e. The van der Waals surface area contributed by atoms with Gasteiger partial charge in [-0.05, 0) is 140 Å². The topological polar surface area (TPSA) is 0 Å². The van der Waals surface area contributed by atoms with Crippen LogP contribution >= 0.6 is 0 Å². The number of fused-ring (bicyclic) bond motifs is 3. The van der Waals surface area contributed by atoms with Gasteiger partial charge < -0.3 is 0 Å². The zero-order valence-electron chi connectivity index (χ0n) is 28.7. The molecule has 46 heavy (non-hydrogen) atoms. The van der Waals surface area contributed by atoms with Crippen LogP contribution < -0.4 is 0 Å². The highest BCUT2D eigenvalue weighted by Crippen LogP contribution is 2.47. The highest BCUT2D eigenvalue weighted by molar-refractivity contribution is 6.14. The number of aryl methyl sites for hydroxylation is 4. The summed E-state index contributed by atoms with van der Waals surface area (Å²) in [6, 6.07) is 37.2. The fourth-order valence-electron chi connectivity index (χ4n) is 7.79. The van der Waals surface area contributed by atoms with Crippen LogP contribution in [-0.2, 0) is 25.7 Å². The van der Waals surface area contributed by atoms with Gasteiger partial charge in [0.1, 0.15) is 0 Å². The van der Waals surface area contributed by atoms with E-state index in [1.54, 1.807) is 11.1 Å². The van der Waals surface area contributed by atoms with Crippen LogP contribution in [0, 0.1) is 0 Å². The number of unbranched alkanes of at least 4 members (excludes halogenated alkanes) is 4. The molecule has 0 nitrogen and oxygen atoms in total. The van der Waals surface area contributed by atoms with Crippen molar-refractivity contribution in [1.29, 1.82) is 0 Å². The van der Waals surface area contributed by atoms with Crippen LogP contribution in [0.4, 0.5) is 0 Å². The van der Waals surface area contributed by atoms with E-state index in [1.807, 2.05) is 0 Å². The SMILES string of the molecule is CCCCc1c(-c2ccccc2)c(-c2ccccc2)c(CCCC)c2cc3c(CCCC)c4ccccc4c(CCCC)c3cc12. The van der Waals surface area contributed by atoms with Crippen LogP contribution in [0.3, 0.4) is 0 Å². The van der Waals surface area contributed by atoms with Crippen molar-refractivity contribution in [3.8, 4) is 22.3 Å². The summed E-state index contributed by atoms with van der Waals surface area (Å²) in [4.78, 5) is 0. The van der Waals surface area contributed by atoms with Crippen molar-refractivity contribution in [3.63, 3.8) is 0 Å². The molecule has 6 aromatic carbocycles. The van der Waals surface area contributed by atoms with E-state index in [4.69, 9.17) is 0 Å². The van der Waals surface area contributed by atoms with Gasteiger partial charge in [-0.25, -0.2) is 0 Å². The zero-order valence-corrected chi connectivity index (χ0v) is 28.7. The Balaban J connectivity index is 1.85. The Kier molecular flexibility index (Phi) is 10.5. The fraction of sp³-hybridized carbons (Fsp3) is 0.348. The molecule has 0 spiro atoms. The normalized spacial score (nSPS) is 11.7. The third-order valence-corrected chi connectivity index (χ3v) is 10.1. The lowest BCUT2D eigenvalue weighted by molar-refractivity contribution is 0.793. The molecule has 0 saturated carbocycles. The molecule has 0 bridgehead atoms. The molecule has 0 aliphatic heterocycles. The Bertz CT molecular complexity index is 1770. The van der Waals surface area contributed by atoms with Gasteiger partial charge in [0.2, 0.25) is 0 Å². The molecule has 6 rings (SSSR count). The van der Waals surface area contributed by atoms with E-state index in [-0.39, 0.29) is 0 Å². The van der Waals surface area contributed by atoms with Gasteiger partial charge in [-0.3, -0.25) is 0 Å². The summed E-state index contributed by atoms with van der Waals surface area (Å²) >= 11 is 0. The van der Waals surface area contributed by atoms with Crippen LogP contribution in [0.1, 0.15) is 101 Å². The van der Waals surface area contributed by atoms with Gasteiger partial charge in [-0.1, -0.05) is 138 Å². The predicted octanol–water partition coefficient (Wildman–Crippen LogP) is 13.9. The van der Waals surface area contributed by atoms with Crippen molar-refractivity contribution in [2.24, 2.45) is 0 Å². The van der Waals surface area contributed by atoms with Crippen LogP contribution in [-0.4, -0.2) is 0 Å². The maximum absolute atomic E-state index is 2.67. The Morgan fingerprint density at radius 1 is 0.326 bits per heavy atom. The van der Waals surface area contributed by atoms with E-state index in [1.165, 1.54) is 117 Å². The van der Waals surface area contributed by atoms with Crippen molar-refractivity contribution >= 4 is 32.3 Å². The van der Waals surface area contributed by atoms with Gasteiger partial charge in [-0.15, -0.1) is 0 Å². The molecule has 0 aliphatic carbocycles. The molecule has 6 aromatic rings. The second kappa shape index (κ2) is 15.1. The fourth-order valence-corrected chi connectivity index (χ4v) is 7.79. The summed E-state index contributed by atoms with van der Waals surface area (Å²) in [5, 5.41) is 8.91. The number of hydrogen-bond donors (Lipinski definition) is 0.